The standard InChI is InChI=1S/C16H17BrN2O/c1-12-6-8-14(9-7-12)19-16(20)11-18-10-13-4-2-3-5-15(13)17/h2-9,18H,10-11H2,1H3,(H,19,20). The number of carbonyl (C=O) groups is 1. The molecule has 0 aliphatic heterocycles. The van der Waals surface area contributed by atoms with Crippen molar-refractivity contribution in [2.75, 3.05) is 11.9 Å². The van der Waals surface area contributed by atoms with Gasteiger partial charge in [0.25, 0.3) is 0 Å². The molecule has 2 aromatic rings. The van der Waals surface area contributed by atoms with E-state index in [4.69, 9.17) is 0 Å². The fraction of sp³-hybridized carbons (Fsp3) is 0.188. The highest BCUT2D eigenvalue weighted by atomic mass is 79.9. The number of aryl methyl sites for hydroxylation is 1. The molecule has 0 aliphatic carbocycles. The second-order valence-electron chi connectivity index (χ2n) is 4.61. The predicted molar refractivity (Wildman–Crippen MR) is 85.7 cm³/mol. The van der Waals surface area contributed by atoms with Crippen molar-refractivity contribution in [1.82, 2.24) is 5.32 Å². The molecule has 0 aromatic heterocycles. The van der Waals surface area contributed by atoms with E-state index in [0.717, 1.165) is 15.7 Å². The molecule has 1 amide bonds. The van der Waals surface area contributed by atoms with Gasteiger partial charge >= 0.3 is 0 Å². The summed E-state index contributed by atoms with van der Waals surface area (Å²) in [7, 11) is 0. The van der Waals surface area contributed by atoms with E-state index in [1.165, 1.54) is 5.56 Å². The van der Waals surface area contributed by atoms with E-state index in [-0.39, 0.29) is 12.5 Å². The number of hydrogen-bond acceptors (Lipinski definition) is 2. The molecule has 4 heteroatoms. The van der Waals surface area contributed by atoms with Crippen LogP contribution in [-0.2, 0) is 11.3 Å². The van der Waals surface area contributed by atoms with Gasteiger partial charge < -0.3 is 10.6 Å². The molecule has 0 aliphatic rings. The monoisotopic (exact) mass is 332 g/mol. The number of rotatable bonds is 5. The Hall–Kier alpha value is -1.65. The topological polar surface area (TPSA) is 41.1 Å². The van der Waals surface area contributed by atoms with Gasteiger partial charge in [0.05, 0.1) is 6.54 Å². The molecule has 104 valence electrons. The van der Waals surface area contributed by atoms with Gasteiger partial charge in [-0.25, -0.2) is 0 Å². The lowest BCUT2D eigenvalue weighted by Gasteiger charge is -2.08. The van der Waals surface area contributed by atoms with E-state index >= 15 is 0 Å². The lowest BCUT2D eigenvalue weighted by atomic mass is 10.2. The minimum absolute atomic E-state index is 0.0408. The summed E-state index contributed by atoms with van der Waals surface area (Å²) < 4.78 is 1.05. The normalized spacial score (nSPS) is 10.3. The number of amides is 1. The third-order valence-electron chi connectivity index (χ3n) is 2.89. The van der Waals surface area contributed by atoms with Crippen LogP contribution in [0.2, 0.25) is 0 Å². The molecule has 0 saturated carbocycles. The molecule has 0 radical (unpaired) electrons. The van der Waals surface area contributed by atoms with Gasteiger partial charge in [-0.1, -0.05) is 51.8 Å². The molecule has 2 N–H and O–H groups in total. The molecule has 0 unspecified atom stereocenters. The van der Waals surface area contributed by atoms with Crippen molar-refractivity contribution in [3.63, 3.8) is 0 Å². The summed E-state index contributed by atoms with van der Waals surface area (Å²) in [5.74, 6) is -0.0408. The van der Waals surface area contributed by atoms with Crippen molar-refractivity contribution in [2.24, 2.45) is 0 Å². The zero-order chi connectivity index (χ0) is 14.4. The number of hydrogen-bond donors (Lipinski definition) is 2. The SMILES string of the molecule is Cc1ccc(NC(=O)CNCc2ccccc2Br)cc1. The zero-order valence-electron chi connectivity index (χ0n) is 11.3. The average Bonchev–Trinajstić information content (AvgIpc) is 2.43. The highest BCUT2D eigenvalue weighted by Crippen LogP contribution is 2.15. The van der Waals surface area contributed by atoms with Crippen molar-refractivity contribution in [3.8, 4) is 0 Å². The molecule has 0 atom stereocenters. The van der Waals surface area contributed by atoms with Gasteiger partial charge in [-0.2, -0.15) is 0 Å². The van der Waals surface area contributed by atoms with Crippen LogP contribution >= 0.6 is 15.9 Å². The largest absolute Gasteiger partial charge is 0.325 e. The predicted octanol–water partition coefficient (Wildman–Crippen LogP) is 3.49. The summed E-state index contributed by atoms with van der Waals surface area (Å²) >= 11 is 3.48. The van der Waals surface area contributed by atoms with E-state index in [1.54, 1.807) is 0 Å². The first-order valence-electron chi connectivity index (χ1n) is 6.46. The molecule has 3 nitrogen and oxygen atoms in total. The molecular weight excluding hydrogens is 316 g/mol. The first-order valence-corrected chi connectivity index (χ1v) is 7.25. The maximum atomic E-state index is 11.8. The number of halogens is 1. The van der Waals surface area contributed by atoms with E-state index < -0.39 is 0 Å². The average molecular weight is 333 g/mol. The molecule has 0 spiro atoms. The first-order chi connectivity index (χ1) is 9.65. The van der Waals surface area contributed by atoms with Gasteiger partial charge in [0, 0.05) is 16.7 Å². The summed E-state index contributed by atoms with van der Waals surface area (Å²) in [5, 5.41) is 5.99. The van der Waals surface area contributed by atoms with E-state index in [0.29, 0.717) is 6.54 Å². The van der Waals surface area contributed by atoms with E-state index in [1.807, 2.05) is 55.5 Å². The minimum Gasteiger partial charge on any atom is -0.325 e. The van der Waals surface area contributed by atoms with Crippen LogP contribution in [0.1, 0.15) is 11.1 Å². The van der Waals surface area contributed by atoms with Gasteiger partial charge in [0.15, 0.2) is 0 Å². The molecule has 0 saturated heterocycles. The molecular formula is C16H17BrN2O. The number of nitrogens with one attached hydrogen (secondary N) is 2. The van der Waals surface area contributed by atoms with Crippen LogP contribution in [0, 0.1) is 6.92 Å². The Morgan fingerprint density at radius 3 is 2.50 bits per heavy atom. The first kappa shape index (κ1) is 14.8. The van der Waals surface area contributed by atoms with Crippen LogP contribution in [-0.4, -0.2) is 12.5 Å². The summed E-state index contributed by atoms with van der Waals surface area (Å²) in [4.78, 5) is 11.8. The third kappa shape index (κ3) is 4.47. The van der Waals surface area contributed by atoms with Crippen molar-refractivity contribution in [3.05, 3.63) is 64.1 Å². The van der Waals surface area contributed by atoms with E-state index in [2.05, 4.69) is 26.6 Å². The number of benzene rings is 2. The molecule has 0 bridgehead atoms. The van der Waals surface area contributed by atoms with Crippen LogP contribution < -0.4 is 10.6 Å². The van der Waals surface area contributed by atoms with Crippen molar-refractivity contribution < 1.29 is 4.79 Å². The molecule has 0 heterocycles. The van der Waals surface area contributed by atoms with Gasteiger partial charge in [-0.15, -0.1) is 0 Å². The van der Waals surface area contributed by atoms with Gasteiger partial charge in [0.2, 0.25) is 5.91 Å². The quantitative estimate of drug-likeness (QED) is 0.879. The highest BCUT2D eigenvalue weighted by Gasteiger charge is 2.03. The summed E-state index contributed by atoms with van der Waals surface area (Å²) in [6.07, 6.45) is 0. The van der Waals surface area contributed by atoms with Gasteiger partial charge in [-0.05, 0) is 30.7 Å². The lowest BCUT2D eigenvalue weighted by molar-refractivity contribution is -0.115. The van der Waals surface area contributed by atoms with Crippen molar-refractivity contribution in [2.45, 2.75) is 13.5 Å². The van der Waals surface area contributed by atoms with Crippen LogP contribution in [0.25, 0.3) is 0 Å². The Labute approximate surface area is 127 Å². The number of carbonyl (C=O) groups excluding carboxylic acids is 1. The van der Waals surface area contributed by atoms with Gasteiger partial charge in [-0.3, -0.25) is 4.79 Å². The highest BCUT2D eigenvalue weighted by molar-refractivity contribution is 9.10. The number of anilines is 1. The van der Waals surface area contributed by atoms with Crippen molar-refractivity contribution >= 4 is 27.5 Å². The minimum atomic E-state index is -0.0408. The van der Waals surface area contributed by atoms with E-state index in [9.17, 15) is 4.79 Å². The molecule has 2 rings (SSSR count). The fourth-order valence-electron chi connectivity index (χ4n) is 1.79. The maximum Gasteiger partial charge on any atom is 0.238 e. The Morgan fingerprint density at radius 1 is 1.10 bits per heavy atom. The third-order valence-corrected chi connectivity index (χ3v) is 3.67. The van der Waals surface area contributed by atoms with Crippen LogP contribution in [0.5, 0.6) is 0 Å². The Morgan fingerprint density at radius 2 is 1.80 bits per heavy atom. The van der Waals surface area contributed by atoms with Crippen LogP contribution in [0.3, 0.4) is 0 Å². The zero-order valence-corrected chi connectivity index (χ0v) is 12.9. The van der Waals surface area contributed by atoms with Crippen LogP contribution in [0.4, 0.5) is 5.69 Å². The van der Waals surface area contributed by atoms with Gasteiger partial charge in [0.1, 0.15) is 0 Å². The fourth-order valence-corrected chi connectivity index (χ4v) is 2.22. The Kier molecular flexibility index (Phi) is 5.32. The smallest absolute Gasteiger partial charge is 0.238 e. The summed E-state index contributed by atoms with van der Waals surface area (Å²) in [6.45, 7) is 2.96. The second kappa shape index (κ2) is 7.22. The maximum absolute atomic E-state index is 11.8. The molecule has 2 aromatic carbocycles. The molecule has 0 fully saturated rings. The lowest BCUT2D eigenvalue weighted by Crippen LogP contribution is -2.27. The second-order valence-corrected chi connectivity index (χ2v) is 5.46. The summed E-state index contributed by atoms with van der Waals surface area (Å²) in [6, 6.07) is 15.7. The summed E-state index contributed by atoms with van der Waals surface area (Å²) in [5.41, 5.74) is 3.13. The van der Waals surface area contributed by atoms with Crippen LogP contribution in [0.15, 0.2) is 53.0 Å². The molecule has 20 heavy (non-hydrogen) atoms. The Bertz CT molecular complexity index is 581. The Balaban J connectivity index is 1.78. The van der Waals surface area contributed by atoms with Crippen molar-refractivity contribution in [1.29, 1.82) is 0 Å².